The number of para-hydroxylation sites is 1. The van der Waals surface area contributed by atoms with Crippen LogP contribution in [0.1, 0.15) is 25.3 Å². The number of hydrogen-bond acceptors (Lipinski definition) is 3. The normalized spacial score (nSPS) is 24.4. The summed E-state index contributed by atoms with van der Waals surface area (Å²) in [5.74, 6) is 1.00. The molecule has 106 valence electrons. The predicted octanol–water partition coefficient (Wildman–Crippen LogP) is 2.31. The third-order valence-corrected chi connectivity index (χ3v) is 4.23. The van der Waals surface area contributed by atoms with Crippen LogP contribution >= 0.6 is 0 Å². The molecule has 2 rings (SSSR count). The number of benzene rings is 1. The molecule has 19 heavy (non-hydrogen) atoms. The van der Waals surface area contributed by atoms with E-state index in [-0.39, 0.29) is 0 Å². The van der Waals surface area contributed by atoms with Gasteiger partial charge in [-0.1, -0.05) is 18.2 Å². The van der Waals surface area contributed by atoms with Crippen molar-refractivity contribution in [1.82, 2.24) is 10.2 Å². The van der Waals surface area contributed by atoms with Gasteiger partial charge in [-0.3, -0.25) is 0 Å². The van der Waals surface area contributed by atoms with Gasteiger partial charge in [-0.15, -0.1) is 0 Å². The molecule has 1 N–H and O–H groups in total. The third kappa shape index (κ3) is 3.95. The van der Waals surface area contributed by atoms with Gasteiger partial charge in [0.2, 0.25) is 0 Å². The molecule has 0 radical (unpaired) electrons. The lowest BCUT2D eigenvalue weighted by Gasteiger charge is -2.35. The summed E-state index contributed by atoms with van der Waals surface area (Å²) >= 11 is 0. The average Bonchev–Trinajstić information content (AvgIpc) is 2.43. The van der Waals surface area contributed by atoms with Crippen LogP contribution < -0.4 is 10.1 Å². The van der Waals surface area contributed by atoms with Gasteiger partial charge in [0.05, 0.1) is 7.11 Å². The summed E-state index contributed by atoms with van der Waals surface area (Å²) in [4.78, 5) is 2.44. The molecule has 1 aliphatic heterocycles. The molecular weight excluding hydrogens is 236 g/mol. The van der Waals surface area contributed by atoms with Gasteiger partial charge in [-0.2, -0.15) is 0 Å². The topological polar surface area (TPSA) is 24.5 Å². The molecule has 1 heterocycles. The summed E-state index contributed by atoms with van der Waals surface area (Å²) in [7, 11) is 3.96. The average molecular weight is 262 g/mol. The molecule has 2 unspecified atom stereocenters. The lowest BCUT2D eigenvalue weighted by molar-refractivity contribution is 0.169. The predicted molar refractivity (Wildman–Crippen MR) is 79.8 cm³/mol. The van der Waals surface area contributed by atoms with E-state index in [1.807, 2.05) is 12.1 Å². The molecule has 1 aliphatic rings. The van der Waals surface area contributed by atoms with Gasteiger partial charge < -0.3 is 15.0 Å². The van der Waals surface area contributed by atoms with Crippen LogP contribution in [0.2, 0.25) is 0 Å². The van der Waals surface area contributed by atoms with E-state index < -0.39 is 0 Å². The first-order valence-corrected chi connectivity index (χ1v) is 7.26. The van der Waals surface area contributed by atoms with E-state index in [2.05, 4.69) is 36.3 Å². The number of piperidine rings is 1. The third-order valence-electron chi connectivity index (χ3n) is 4.23. The molecule has 1 aromatic carbocycles. The Morgan fingerprint density at radius 2 is 2.16 bits per heavy atom. The SMILES string of the molecule is COc1ccccc1CCNC1CCN(C)C(C)C1. The van der Waals surface area contributed by atoms with E-state index in [9.17, 15) is 0 Å². The molecule has 1 aromatic rings. The number of hydrogen-bond donors (Lipinski definition) is 1. The Morgan fingerprint density at radius 3 is 2.89 bits per heavy atom. The maximum Gasteiger partial charge on any atom is 0.122 e. The molecular formula is C16H26N2O. The zero-order valence-corrected chi connectivity index (χ0v) is 12.4. The Labute approximate surface area is 116 Å². The van der Waals surface area contributed by atoms with Crippen molar-refractivity contribution in [2.24, 2.45) is 0 Å². The molecule has 2 atom stereocenters. The maximum absolute atomic E-state index is 5.38. The summed E-state index contributed by atoms with van der Waals surface area (Å²) in [6.07, 6.45) is 3.54. The molecule has 0 aromatic heterocycles. The second-order valence-corrected chi connectivity index (χ2v) is 5.57. The van der Waals surface area contributed by atoms with Crippen LogP contribution in [0.4, 0.5) is 0 Å². The highest BCUT2D eigenvalue weighted by atomic mass is 16.5. The van der Waals surface area contributed by atoms with Gasteiger partial charge in [0.15, 0.2) is 0 Å². The number of methoxy groups -OCH3 is 1. The number of ether oxygens (including phenoxy) is 1. The van der Waals surface area contributed by atoms with Gasteiger partial charge in [0, 0.05) is 12.1 Å². The van der Waals surface area contributed by atoms with Gasteiger partial charge in [-0.05, 0) is 58.0 Å². The van der Waals surface area contributed by atoms with Crippen LogP contribution in [-0.2, 0) is 6.42 Å². The van der Waals surface area contributed by atoms with Crippen molar-refractivity contribution in [3.05, 3.63) is 29.8 Å². The van der Waals surface area contributed by atoms with Crippen molar-refractivity contribution in [1.29, 1.82) is 0 Å². The van der Waals surface area contributed by atoms with Crippen LogP contribution in [0.5, 0.6) is 5.75 Å². The zero-order valence-electron chi connectivity index (χ0n) is 12.4. The zero-order chi connectivity index (χ0) is 13.7. The van der Waals surface area contributed by atoms with Crippen molar-refractivity contribution >= 4 is 0 Å². The number of nitrogens with zero attached hydrogens (tertiary/aromatic N) is 1. The van der Waals surface area contributed by atoms with Gasteiger partial charge in [0.1, 0.15) is 5.75 Å². The van der Waals surface area contributed by atoms with Gasteiger partial charge in [-0.25, -0.2) is 0 Å². The lowest BCUT2D eigenvalue weighted by atomic mass is 9.98. The van der Waals surface area contributed by atoms with Crippen molar-refractivity contribution < 1.29 is 4.74 Å². The molecule has 3 nitrogen and oxygen atoms in total. The molecule has 0 spiro atoms. The molecule has 0 amide bonds. The minimum absolute atomic E-state index is 0.668. The Kier molecular flexibility index (Phi) is 5.23. The van der Waals surface area contributed by atoms with Crippen molar-refractivity contribution in [2.45, 2.75) is 38.3 Å². The quantitative estimate of drug-likeness (QED) is 0.881. The van der Waals surface area contributed by atoms with E-state index in [1.165, 1.54) is 24.9 Å². The molecule has 3 heteroatoms. The minimum Gasteiger partial charge on any atom is -0.496 e. The highest BCUT2D eigenvalue weighted by Crippen LogP contribution is 2.18. The lowest BCUT2D eigenvalue weighted by Crippen LogP contribution is -2.46. The van der Waals surface area contributed by atoms with Crippen LogP contribution in [0.15, 0.2) is 24.3 Å². The first kappa shape index (κ1) is 14.4. The largest absolute Gasteiger partial charge is 0.496 e. The summed E-state index contributed by atoms with van der Waals surface area (Å²) in [5, 5.41) is 3.69. The minimum atomic E-state index is 0.668. The van der Waals surface area contributed by atoms with E-state index in [4.69, 9.17) is 4.74 Å². The van der Waals surface area contributed by atoms with E-state index in [0.717, 1.165) is 18.7 Å². The second-order valence-electron chi connectivity index (χ2n) is 5.57. The van der Waals surface area contributed by atoms with Gasteiger partial charge >= 0.3 is 0 Å². The first-order valence-electron chi connectivity index (χ1n) is 7.26. The molecule has 0 aliphatic carbocycles. The highest BCUT2D eigenvalue weighted by molar-refractivity contribution is 5.33. The number of nitrogens with one attached hydrogen (secondary N) is 1. The Bertz CT molecular complexity index is 394. The van der Waals surface area contributed by atoms with Crippen LogP contribution in [0.3, 0.4) is 0 Å². The van der Waals surface area contributed by atoms with Gasteiger partial charge in [0.25, 0.3) is 0 Å². The first-order chi connectivity index (χ1) is 9.20. The van der Waals surface area contributed by atoms with E-state index >= 15 is 0 Å². The van der Waals surface area contributed by atoms with Crippen LogP contribution in [-0.4, -0.2) is 44.2 Å². The smallest absolute Gasteiger partial charge is 0.122 e. The number of rotatable bonds is 5. The van der Waals surface area contributed by atoms with Crippen molar-refractivity contribution in [2.75, 3.05) is 27.2 Å². The fraction of sp³-hybridized carbons (Fsp3) is 0.625. The number of likely N-dealkylation sites (tertiary alicyclic amines) is 1. The highest BCUT2D eigenvalue weighted by Gasteiger charge is 2.21. The molecule has 0 bridgehead atoms. The van der Waals surface area contributed by atoms with Crippen molar-refractivity contribution in [3.63, 3.8) is 0 Å². The maximum atomic E-state index is 5.38. The molecule has 1 fully saturated rings. The van der Waals surface area contributed by atoms with E-state index in [0.29, 0.717) is 12.1 Å². The molecule has 0 saturated carbocycles. The summed E-state index contributed by atoms with van der Waals surface area (Å²) in [5.41, 5.74) is 1.29. The Hall–Kier alpha value is -1.06. The monoisotopic (exact) mass is 262 g/mol. The van der Waals surface area contributed by atoms with Crippen molar-refractivity contribution in [3.8, 4) is 5.75 Å². The second kappa shape index (κ2) is 6.92. The van der Waals surface area contributed by atoms with E-state index in [1.54, 1.807) is 7.11 Å². The van der Waals surface area contributed by atoms with Crippen LogP contribution in [0, 0.1) is 0 Å². The summed E-state index contributed by atoms with van der Waals surface area (Å²) < 4.78 is 5.38. The standard InChI is InChI=1S/C16H26N2O/c1-13-12-15(9-11-18(13)2)17-10-8-14-6-4-5-7-16(14)19-3/h4-7,13,15,17H,8-12H2,1-3H3. The fourth-order valence-corrected chi connectivity index (χ4v) is 2.80. The summed E-state index contributed by atoms with van der Waals surface area (Å²) in [6.45, 7) is 4.54. The fourth-order valence-electron chi connectivity index (χ4n) is 2.80. The molecule has 1 saturated heterocycles. The van der Waals surface area contributed by atoms with Crippen LogP contribution in [0.25, 0.3) is 0 Å². The Balaban J connectivity index is 1.77. The Morgan fingerprint density at radius 1 is 1.37 bits per heavy atom. The summed E-state index contributed by atoms with van der Waals surface area (Å²) in [6, 6.07) is 9.65.